The normalized spacial score (nSPS) is 10.3. The first-order valence-corrected chi connectivity index (χ1v) is 6.07. The SMILES string of the molecule is CCNc1cccc(NCCc2ncn(C)n2)n1. The summed E-state index contributed by atoms with van der Waals surface area (Å²) in [5.41, 5.74) is 0. The van der Waals surface area contributed by atoms with Crippen molar-refractivity contribution in [1.29, 1.82) is 0 Å². The number of pyridine rings is 1. The highest BCUT2D eigenvalue weighted by molar-refractivity contribution is 5.44. The molecule has 0 spiro atoms. The summed E-state index contributed by atoms with van der Waals surface area (Å²) < 4.78 is 1.71. The highest BCUT2D eigenvalue weighted by atomic mass is 15.3. The summed E-state index contributed by atoms with van der Waals surface area (Å²) in [6, 6.07) is 5.88. The second kappa shape index (κ2) is 6.00. The first-order chi connectivity index (χ1) is 8.78. The van der Waals surface area contributed by atoms with Gasteiger partial charge in [0.05, 0.1) is 0 Å². The van der Waals surface area contributed by atoms with Crippen molar-refractivity contribution < 1.29 is 0 Å². The van der Waals surface area contributed by atoms with Crippen LogP contribution in [-0.4, -0.2) is 32.8 Å². The lowest BCUT2D eigenvalue weighted by Crippen LogP contribution is -2.08. The Labute approximate surface area is 106 Å². The molecule has 0 aliphatic carbocycles. The Morgan fingerprint density at radius 3 is 2.67 bits per heavy atom. The van der Waals surface area contributed by atoms with Crippen molar-refractivity contribution in [3.05, 3.63) is 30.4 Å². The maximum absolute atomic E-state index is 4.43. The van der Waals surface area contributed by atoms with Gasteiger partial charge in [0, 0.05) is 26.6 Å². The van der Waals surface area contributed by atoms with E-state index in [0.29, 0.717) is 0 Å². The van der Waals surface area contributed by atoms with E-state index in [4.69, 9.17) is 0 Å². The Kier molecular flexibility index (Phi) is 4.11. The fourth-order valence-corrected chi connectivity index (χ4v) is 1.61. The Morgan fingerprint density at radius 1 is 1.22 bits per heavy atom. The zero-order valence-corrected chi connectivity index (χ0v) is 10.7. The Balaban J connectivity index is 1.84. The fourth-order valence-electron chi connectivity index (χ4n) is 1.61. The van der Waals surface area contributed by atoms with Crippen molar-refractivity contribution in [3.63, 3.8) is 0 Å². The monoisotopic (exact) mass is 246 g/mol. The van der Waals surface area contributed by atoms with E-state index in [0.717, 1.165) is 37.0 Å². The third kappa shape index (κ3) is 3.44. The predicted molar refractivity (Wildman–Crippen MR) is 71.6 cm³/mol. The number of aryl methyl sites for hydroxylation is 1. The fraction of sp³-hybridized carbons (Fsp3) is 0.417. The van der Waals surface area contributed by atoms with E-state index in [-0.39, 0.29) is 0 Å². The summed E-state index contributed by atoms with van der Waals surface area (Å²) >= 11 is 0. The number of nitrogens with zero attached hydrogens (tertiary/aromatic N) is 4. The van der Waals surface area contributed by atoms with E-state index in [1.165, 1.54) is 0 Å². The lowest BCUT2D eigenvalue weighted by molar-refractivity contribution is 0.742. The van der Waals surface area contributed by atoms with E-state index in [2.05, 4.69) is 32.6 Å². The number of anilines is 2. The summed E-state index contributed by atoms with van der Waals surface area (Å²) in [6.07, 6.45) is 2.49. The molecule has 0 aliphatic rings. The maximum atomic E-state index is 4.43. The van der Waals surface area contributed by atoms with Gasteiger partial charge in [0.1, 0.15) is 18.0 Å². The molecule has 0 bridgehead atoms. The lowest BCUT2D eigenvalue weighted by Gasteiger charge is -2.07. The molecule has 0 radical (unpaired) electrons. The minimum atomic E-state index is 0.770. The van der Waals surface area contributed by atoms with Crippen LogP contribution in [0.25, 0.3) is 0 Å². The molecule has 2 aromatic heterocycles. The third-order valence-corrected chi connectivity index (χ3v) is 2.41. The van der Waals surface area contributed by atoms with E-state index in [1.807, 2.05) is 25.2 Å². The quantitative estimate of drug-likeness (QED) is 0.804. The molecule has 0 aliphatic heterocycles. The van der Waals surface area contributed by atoms with Gasteiger partial charge in [-0.2, -0.15) is 5.10 Å². The Bertz CT molecular complexity index is 493. The van der Waals surface area contributed by atoms with E-state index >= 15 is 0 Å². The number of aromatic nitrogens is 4. The maximum Gasteiger partial charge on any atom is 0.152 e. The summed E-state index contributed by atoms with van der Waals surface area (Å²) in [5.74, 6) is 2.59. The van der Waals surface area contributed by atoms with Gasteiger partial charge in [0.15, 0.2) is 5.82 Å². The molecule has 0 saturated heterocycles. The molecule has 0 unspecified atom stereocenters. The van der Waals surface area contributed by atoms with Gasteiger partial charge in [0.2, 0.25) is 0 Å². The molecule has 2 heterocycles. The van der Waals surface area contributed by atoms with Gasteiger partial charge in [-0.3, -0.25) is 4.68 Å². The van der Waals surface area contributed by atoms with Crippen molar-refractivity contribution in [2.75, 3.05) is 23.7 Å². The van der Waals surface area contributed by atoms with Crippen LogP contribution in [0.5, 0.6) is 0 Å². The number of nitrogens with one attached hydrogen (secondary N) is 2. The molecule has 2 aromatic rings. The molecule has 2 rings (SSSR count). The van der Waals surface area contributed by atoms with Crippen molar-refractivity contribution in [1.82, 2.24) is 19.7 Å². The molecule has 0 atom stereocenters. The van der Waals surface area contributed by atoms with Gasteiger partial charge in [0.25, 0.3) is 0 Å². The van der Waals surface area contributed by atoms with Crippen LogP contribution >= 0.6 is 0 Å². The van der Waals surface area contributed by atoms with E-state index in [9.17, 15) is 0 Å². The third-order valence-electron chi connectivity index (χ3n) is 2.41. The molecule has 6 heteroatoms. The molecular formula is C12H18N6. The second-order valence-electron chi connectivity index (χ2n) is 3.95. The zero-order valence-electron chi connectivity index (χ0n) is 10.7. The second-order valence-corrected chi connectivity index (χ2v) is 3.95. The van der Waals surface area contributed by atoms with E-state index < -0.39 is 0 Å². The summed E-state index contributed by atoms with van der Waals surface area (Å²) in [7, 11) is 1.87. The average molecular weight is 246 g/mol. The minimum absolute atomic E-state index is 0.770. The lowest BCUT2D eigenvalue weighted by atomic mass is 10.4. The highest BCUT2D eigenvalue weighted by Gasteiger charge is 2.00. The van der Waals surface area contributed by atoms with Crippen molar-refractivity contribution in [2.45, 2.75) is 13.3 Å². The van der Waals surface area contributed by atoms with Gasteiger partial charge in [-0.05, 0) is 19.1 Å². The largest absolute Gasteiger partial charge is 0.370 e. The molecule has 96 valence electrons. The van der Waals surface area contributed by atoms with Crippen LogP contribution in [0.4, 0.5) is 11.6 Å². The van der Waals surface area contributed by atoms with Crippen LogP contribution in [0, 0.1) is 0 Å². The van der Waals surface area contributed by atoms with Crippen LogP contribution in [0.2, 0.25) is 0 Å². The van der Waals surface area contributed by atoms with Gasteiger partial charge in [-0.15, -0.1) is 0 Å². The smallest absolute Gasteiger partial charge is 0.152 e. The minimum Gasteiger partial charge on any atom is -0.370 e. The average Bonchev–Trinajstić information content (AvgIpc) is 2.76. The van der Waals surface area contributed by atoms with Crippen LogP contribution in [0.1, 0.15) is 12.7 Å². The molecule has 0 saturated carbocycles. The standard InChI is InChI=1S/C12H18N6/c1-3-13-10-5-4-6-11(16-10)14-8-7-12-15-9-18(2)17-12/h4-6,9H,3,7-8H2,1-2H3,(H2,13,14,16). The molecule has 0 fully saturated rings. The molecule has 0 amide bonds. The van der Waals surface area contributed by atoms with Crippen molar-refractivity contribution in [2.24, 2.45) is 7.05 Å². The summed E-state index contributed by atoms with van der Waals surface area (Å²) in [5, 5.41) is 10.7. The number of hydrogen-bond donors (Lipinski definition) is 2. The summed E-state index contributed by atoms with van der Waals surface area (Å²) in [4.78, 5) is 8.60. The first kappa shape index (κ1) is 12.3. The molecule has 6 nitrogen and oxygen atoms in total. The van der Waals surface area contributed by atoms with Gasteiger partial charge >= 0.3 is 0 Å². The number of rotatable bonds is 6. The van der Waals surface area contributed by atoms with Crippen LogP contribution in [0.15, 0.2) is 24.5 Å². The zero-order chi connectivity index (χ0) is 12.8. The predicted octanol–water partition coefficient (Wildman–Crippen LogP) is 1.30. The van der Waals surface area contributed by atoms with Crippen molar-refractivity contribution >= 4 is 11.6 Å². The topological polar surface area (TPSA) is 67.7 Å². The van der Waals surface area contributed by atoms with Crippen LogP contribution in [0.3, 0.4) is 0 Å². The van der Waals surface area contributed by atoms with Crippen LogP contribution < -0.4 is 10.6 Å². The summed E-state index contributed by atoms with van der Waals surface area (Å²) in [6.45, 7) is 3.69. The number of hydrogen-bond acceptors (Lipinski definition) is 5. The highest BCUT2D eigenvalue weighted by Crippen LogP contribution is 2.08. The van der Waals surface area contributed by atoms with Gasteiger partial charge < -0.3 is 10.6 Å². The molecule has 0 aromatic carbocycles. The van der Waals surface area contributed by atoms with Gasteiger partial charge in [-0.1, -0.05) is 6.07 Å². The molecule has 2 N–H and O–H groups in total. The van der Waals surface area contributed by atoms with Gasteiger partial charge in [-0.25, -0.2) is 9.97 Å². The van der Waals surface area contributed by atoms with Crippen molar-refractivity contribution in [3.8, 4) is 0 Å². The van der Waals surface area contributed by atoms with E-state index in [1.54, 1.807) is 11.0 Å². The molecular weight excluding hydrogens is 228 g/mol. The Hall–Kier alpha value is -2.11. The Morgan fingerprint density at radius 2 is 2.00 bits per heavy atom. The van der Waals surface area contributed by atoms with Crippen LogP contribution in [-0.2, 0) is 13.5 Å². The first-order valence-electron chi connectivity index (χ1n) is 6.07. The molecule has 18 heavy (non-hydrogen) atoms.